The minimum Gasteiger partial charge on any atom is -0.348 e. The molecule has 0 radical (unpaired) electrons. The molecule has 0 saturated carbocycles. The minimum atomic E-state index is 1.07. The molecular formula is C13H18N4. The van der Waals surface area contributed by atoms with E-state index < -0.39 is 0 Å². The van der Waals surface area contributed by atoms with Crippen molar-refractivity contribution >= 4 is 0 Å². The summed E-state index contributed by atoms with van der Waals surface area (Å²) in [7, 11) is 1.96. The summed E-state index contributed by atoms with van der Waals surface area (Å²) in [6.07, 6.45) is 6.25. The van der Waals surface area contributed by atoms with E-state index in [0.717, 1.165) is 26.2 Å². The average molecular weight is 230 g/mol. The Balaban J connectivity index is 1.92. The third kappa shape index (κ3) is 1.89. The summed E-state index contributed by atoms with van der Waals surface area (Å²) >= 11 is 0. The summed E-state index contributed by atoms with van der Waals surface area (Å²) in [5.74, 6) is 0. The number of aryl methyl sites for hydroxylation is 1. The Morgan fingerprint density at radius 3 is 2.82 bits per heavy atom. The van der Waals surface area contributed by atoms with Gasteiger partial charge in [0.2, 0.25) is 0 Å². The van der Waals surface area contributed by atoms with Gasteiger partial charge in [-0.1, -0.05) is 6.92 Å². The second-order valence-electron chi connectivity index (χ2n) is 4.68. The normalized spacial score (nSPS) is 16.1. The molecule has 0 spiro atoms. The lowest BCUT2D eigenvalue weighted by molar-refractivity contribution is 0.232. The summed E-state index contributed by atoms with van der Waals surface area (Å²) in [5, 5.41) is 4.23. The van der Waals surface area contributed by atoms with E-state index in [0.29, 0.717) is 0 Å². The molecule has 0 unspecified atom stereocenters. The van der Waals surface area contributed by atoms with E-state index in [2.05, 4.69) is 39.9 Å². The van der Waals surface area contributed by atoms with Crippen LogP contribution >= 0.6 is 0 Å². The molecule has 0 atom stereocenters. The van der Waals surface area contributed by atoms with Crippen molar-refractivity contribution in [3.8, 4) is 11.1 Å². The molecule has 4 nitrogen and oxygen atoms in total. The molecule has 0 amide bonds. The van der Waals surface area contributed by atoms with Crippen molar-refractivity contribution in [1.82, 2.24) is 19.2 Å². The maximum atomic E-state index is 4.23. The number of hydrogen-bond donors (Lipinski definition) is 0. The summed E-state index contributed by atoms with van der Waals surface area (Å²) < 4.78 is 4.22. The SMILES string of the molecule is CCN1CCn2cc(-c3cnn(C)c3)cc2C1. The maximum Gasteiger partial charge on any atom is 0.0568 e. The van der Waals surface area contributed by atoms with Gasteiger partial charge in [0.05, 0.1) is 6.20 Å². The van der Waals surface area contributed by atoms with Gasteiger partial charge in [0.15, 0.2) is 0 Å². The van der Waals surface area contributed by atoms with Crippen molar-refractivity contribution in [2.45, 2.75) is 20.0 Å². The van der Waals surface area contributed by atoms with Gasteiger partial charge in [-0.25, -0.2) is 0 Å². The summed E-state index contributed by atoms with van der Waals surface area (Å²) in [6.45, 7) is 6.68. The molecule has 0 aromatic carbocycles. The molecule has 0 fully saturated rings. The minimum absolute atomic E-state index is 1.07. The first-order valence-electron chi connectivity index (χ1n) is 6.16. The third-order valence-corrected chi connectivity index (χ3v) is 3.51. The maximum absolute atomic E-state index is 4.23. The lowest BCUT2D eigenvalue weighted by Crippen LogP contribution is -2.32. The van der Waals surface area contributed by atoms with Gasteiger partial charge in [-0.15, -0.1) is 0 Å². The van der Waals surface area contributed by atoms with Crippen LogP contribution in [0.5, 0.6) is 0 Å². The second-order valence-corrected chi connectivity index (χ2v) is 4.68. The molecule has 3 rings (SSSR count). The second kappa shape index (κ2) is 4.04. The molecule has 2 aromatic rings. The lowest BCUT2D eigenvalue weighted by atomic mass is 10.2. The monoisotopic (exact) mass is 230 g/mol. The summed E-state index contributed by atoms with van der Waals surface area (Å²) in [4.78, 5) is 2.47. The zero-order valence-corrected chi connectivity index (χ0v) is 10.4. The molecule has 3 heterocycles. The largest absolute Gasteiger partial charge is 0.348 e. The van der Waals surface area contributed by atoms with E-state index >= 15 is 0 Å². The number of rotatable bonds is 2. The Labute approximate surface area is 101 Å². The summed E-state index contributed by atoms with van der Waals surface area (Å²) in [6, 6.07) is 2.29. The van der Waals surface area contributed by atoms with Crippen LogP contribution in [0.15, 0.2) is 24.7 Å². The smallest absolute Gasteiger partial charge is 0.0568 e. The van der Waals surface area contributed by atoms with Crippen molar-refractivity contribution in [3.63, 3.8) is 0 Å². The van der Waals surface area contributed by atoms with E-state index in [1.54, 1.807) is 0 Å². The van der Waals surface area contributed by atoms with Crippen LogP contribution in [0.25, 0.3) is 11.1 Å². The number of fused-ring (bicyclic) bond motifs is 1. The van der Waals surface area contributed by atoms with E-state index in [4.69, 9.17) is 0 Å². The molecule has 4 heteroatoms. The fraction of sp³-hybridized carbons (Fsp3) is 0.462. The zero-order valence-electron chi connectivity index (χ0n) is 10.4. The molecular weight excluding hydrogens is 212 g/mol. The van der Waals surface area contributed by atoms with Crippen LogP contribution in [-0.2, 0) is 20.1 Å². The first-order chi connectivity index (χ1) is 8.26. The van der Waals surface area contributed by atoms with Crippen LogP contribution in [-0.4, -0.2) is 32.3 Å². The third-order valence-electron chi connectivity index (χ3n) is 3.51. The fourth-order valence-electron chi connectivity index (χ4n) is 2.45. The quantitative estimate of drug-likeness (QED) is 0.785. The Kier molecular flexibility index (Phi) is 2.52. The highest BCUT2D eigenvalue weighted by Gasteiger charge is 2.16. The van der Waals surface area contributed by atoms with Crippen LogP contribution in [0.1, 0.15) is 12.6 Å². The van der Waals surface area contributed by atoms with Gasteiger partial charge in [-0.2, -0.15) is 5.10 Å². The van der Waals surface area contributed by atoms with E-state index in [9.17, 15) is 0 Å². The molecule has 1 aliphatic rings. The van der Waals surface area contributed by atoms with Crippen molar-refractivity contribution in [3.05, 3.63) is 30.4 Å². The Morgan fingerprint density at radius 1 is 1.24 bits per heavy atom. The van der Waals surface area contributed by atoms with E-state index in [1.807, 2.05) is 17.9 Å². The average Bonchev–Trinajstić information content (AvgIpc) is 2.93. The molecule has 17 heavy (non-hydrogen) atoms. The van der Waals surface area contributed by atoms with Crippen LogP contribution in [0.3, 0.4) is 0 Å². The molecule has 1 aliphatic heterocycles. The molecule has 0 N–H and O–H groups in total. The molecule has 2 aromatic heterocycles. The van der Waals surface area contributed by atoms with Crippen LogP contribution in [0, 0.1) is 0 Å². The van der Waals surface area contributed by atoms with Crippen molar-refractivity contribution < 1.29 is 0 Å². The predicted octanol–water partition coefficient (Wildman–Crippen LogP) is 1.72. The lowest BCUT2D eigenvalue weighted by Gasteiger charge is -2.26. The highest BCUT2D eigenvalue weighted by atomic mass is 15.2. The number of nitrogens with zero attached hydrogens (tertiary/aromatic N) is 4. The number of likely N-dealkylation sites (N-methyl/N-ethyl adjacent to an activating group) is 1. The van der Waals surface area contributed by atoms with E-state index in [-0.39, 0.29) is 0 Å². The number of aromatic nitrogens is 3. The van der Waals surface area contributed by atoms with Crippen LogP contribution < -0.4 is 0 Å². The summed E-state index contributed by atoms with van der Waals surface area (Å²) in [5.41, 5.74) is 3.90. The Bertz CT molecular complexity index is 523. The van der Waals surface area contributed by atoms with Crippen molar-refractivity contribution in [1.29, 1.82) is 0 Å². The van der Waals surface area contributed by atoms with Gasteiger partial charge in [-0.3, -0.25) is 9.58 Å². The molecule has 0 bridgehead atoms. The van der Waals surface area contributed by atoms with Gasteiger partial charge in [0.1, 0.15) is 0 Å². The first-order valence-corrected chi connectivity index (χ1v) is 6.16. The Morgan fingerprint density at radius 2 is 2.12 bits per heavy atom. The van der Waals surface area contributed by atoms with Gasteiger partial charge in [0.25, 0.3) is 0 Å². The van der Waals surface area contributed by atoms with Crippen molar-refractivity contribution in [2.75, 3.05) is 13.1 Å². The molecule has 0 saturated heterocycles. The predicted molar refractivity (Wildman–Crippen MR) is 67.6 cm³/mol. The van der Waals surface area contributed by atoms with E-state index in [1.165, 1.54) is 16.8 Å². The van der Waals surface area contributed by atoms with Gasteiger partial charge in [-0.05, 0) is 12.6 Å². The standard InChI is InChI=1S/C13H18N4/c1-3-16-4-5-17-9-11(6-13(17)10-16)12-7-14-15(2)8-12/h6-9H,3-5,10H2,1-2H3. The zero-order chi connectivity index (χ0) is 11.8. The van der Waals surface area contributed by atoms with Gasteiger partial charge < -0.3 is 4.57 Å². The van der Waals surface area contributed by atoms with Crippen LogP contribution in [0.4, 0.5) is 0 Å². The first kappa shape index (κ1) is 10.6. The molecule has 90 valence electrons. The fourth-order valence-corrected chi connectivity index (χ4v) is 2.45. The topological polar surface area (TPSA) is 26.0 Å². The van der Waals surface area contributed by atoms with Crippen LogP contribution in [0.2, 0.25) is 0 Å². The number of hydrogen-bond acceptors (Lipinski definition) is 2. The van der Waals surface area contributed by atoms with Gasteiger partial charge in [0, 0.05) is 55.9 Å². The highest BCUT2D eigenvalue weighted by molar-refractivity contribution is 5.62. The molecule has 0 aliphatic carbocycles. The highest BCUT2D eigenvalue weighted by Crippen LogP contribution is 2.24. The van der Waals surface area contributed by atoms with Crippen molar-refractivity contribution in [2.24, 2.45) is 7.05 Å². The van der Waals surface area contributed by atoms with Gasteiger partial charge >= 0.3 is 0 Å². The Hall–Kier alpha value is -1.55.